The zero-order valence-electron chi connectivity index (χ0n) is 18.1. The molecule has 0 aromatic heterocycles. The van der Waals surface area contributed by atoms with Gasteiger partial charge in [0.15, 0.2) is 0 Å². The Morgan fingerprint density at radius 3 is 2.28 bits per heavy atom. The van der Waals surface area contributed by atoms with Gasteiger partial charge in [0, 0.05) is 6.54 Å². The van der Waals surface area contributed by atoms with Gasteiger partial charge < -0.3 is 26.4 Å². The molecule has 0 aromatic rings. The number of amides is 3. The fourth-order valence-electron chi connectivity index (χ4n) is 3.36. The van der Waals surface area contributed by atoms with E-state index < -0.39 is 42.0 Å². The van der Waals surface area contributed by atoms with E-state index in [2.05, 4.69) is 10.6 Å². The molecule has 5 N–H and O–H groups in total. The van der Waals surface area contributed by atoms with Crippen LogP contribution in [0.4, 0.5) is 0 Å². The molecule has 1 rings (SSSR count). The van der Waals surface area contributed by atoms with Gasteiger partial charge >= 0.3 is 5.97 Å². The molecule has 5 unspecified atom stereocenters. The Hall–Kier alpha value is -2.16. The van der Waals surface area contributed by atoms with E-state index in [0.717, 1.165) is 6.42 Å². The van der Waals surface area contributed by atoms with E-state index >= 15 is 0 Å². The molecule has 1 saturated heterocycles. The second-order valence-electron chi connectivity index (χ2n) is 8.36. The molecule has 29 heavy (non-hydrogen) atoms. The van der Waals surface area contributed by atoms with E-state index in [9.17, 15) is 24.3 Å². The summed E-state index contributed by atoms with van der Waals surface area (Å²) < 4.78 is 0. The van der Waals surface area contributed by atoms with Crippen molar-refractivity contribution in [1.82, 2.24) is 15.5 Å². The zero-order valence-corrected chi connectivity index (χ0v) is 18.1. The second kappa shape index (κ2) is 11.1. The molecule has 0 aromatic carbocycles. The van der Waals surface area contributed by atoms with Gasteiger partial charge in [-0.1, -0.05) is 34.1 Å². The Morgan fingerprint density at radius 1 is 1.14 bits per heavy atom. The fraction of sp³-hybridized carbons (Fsp3) is 0.800. The van der Waals surface area contributed by atoms with Gasteiger partial charge in [0.2, 0.25) is 17.7 Å². The number of carboxylic acids is 1. The highest BCUT2D eigenvalue weighted by molar-refractivity contribution is 5.94. The number of likely N-dealkylation sites (tertiary alicyclic amines) is 1. The molecule has 166 valence electrons. The summed E-state index contributed by atoms with van der Waals surface area (Å²) in [7, 11) is 0. The summed E-state index contributed by atoms with van der Waals surface area (Å²) in [6.45, 7) is 9.53. The van der Waals surface area contributed by atoms with Crippen LogP contribution in [0.25, 0.3) is 0 Å². The summed E-state index contributed by atoms with van der Waals surface area (Å²) in [4.78, 5) is 50.5. The van der Waals surface area contributed by atoms with E-state index in [0.29, 0.717) is 25.8 Å². The third kappa shape index (κ3) is 6.99. The van der Waals surface area contributed by atoms with Crippen molar-refractivity contribution in [3.8, 4) is 0 Å². The third-order valence-corrected chi connectivity index (χ3v) is 5.45. The fourth-order valence-corrected chi connectivity index (χ4v) is 3.36. The summed E-state index contributed by atoms with van der Waals surface area (Å²) in [5, 5.41) is 14.3. The van der Waals surface area contributed by atoms with Crippen molar-refractivity contribution in [1.29, 1.82) is 0 Å². The number of nitrogens with one attached hydrogen (secondary N) is 2. The number of carbonyl (C=O) groups is 4. The third-order valence-electron chi connectivity index (χ3n) is 5.45. The highest BCUT2D eigenvalue weighted by atomic mass is 16.4. The molecule has 0 aliphatic carbocycles. The van der Waals surface area contributed by atoms with Crippen LogP contribution in [-0.4, -0.2) is 64.4 Å². The first kappa shape index (κ1) is 24.9. The van der Waals surface area contributed by atoms with Gasteiger partial charge in [-0.2, -0.15) is 0 Å². The van der Waals surface area contributed by atoms with Crippen molar-refractivity contribution in [3.63, 3.8) is 0 Å². The number of aliphatic carboxylic acids is 1. The normalized spacial score (nSPS) is 20.7. The van der Waals surface area contributed by atoms with Crippen molar-refractivity contribution < 1.29 is 24.3 Å². The summed E-state index contributed by atoms with van der Waals surface area (Å²) in [5.74, 6) is -2.27. The molecule has 1 fully saturated rings. The summed E-state index contributed by atoms with van der Waals surface area (Å²) in [6, 6.07) is -3.27. The van der Waals surface area contributed by atoms with Crippen LogP contribution in [0.15, 0.2) is 0 Å². The van der Waals surface area contributed by atoms with Crippen LogP contribution in [0.1, 0.15) is 60.3 Å². The standard InChI is InChI=1S/C20H36N4O5/c1-6-12(4)16(21)19(27)24-9-7-8-15(24)18(26)22-13(5)17(25)23-14(20(28)29)10-11(2)3/h11-16H,6-10,21H2,1-5H3,(H,22,26)(H,23,25)(H,28,29). The van der Waals surface area contributed by atoms with Crippen molar-refractivity contribution >= 4 is 23.7 Å². The number of nitrogens with zero attached hydrogens (tertiary/aromatic N) is 1. The lowest BCUT2D eigenvalue weighted by molar-refractivity contribution is -0.143. The number of hydrogen-bond acceptors (Lipinski definition) is 5. The predicted octanol–water partition coefficient (Wildman–Crippen LogP) is 0.471. The molecular weight excluding hydrogens is 376 g/mol. The maximum absolute atomic E-state index is 12.7. The molecule has 0 radical (unpaired) electrons. The van der Waals surface area contributed by atoms with Crippen molar-refractivity contribution in [2.45, 2.75) is 84.5 Å². The van der Waals surface area contributed by atoms with Crippen LogP contribution in [0, 0.1) is 11.8 Å². The first-order valence-electron chi connectivity index (χ1n) is 10.4. The minimum Gasteiger partial charge on any atom is -0.480 e. The lowest BCUT2D eigenvalue weighted by atomic mass is 9.98. The smallest absolute Gasteiger partial charge is 0.326 e. The molecule has 0 saturated carbocycles. The second-order valence-corrected chi connectivity index (χ2v) is 8.36. The number of carboxylic acid groups (broad SMARTS) is 1. The highest BCUT2D eigenvalue weighted by Crippen LogP contribution is 2.20. The van der Waals surface area contributed by atoms with E-state index in [1.165, 1.54) is 11.8 Å². The van der Waals surface area contributed by atoms with Gasteiger partial charge in [-0.25, -0.2) is 4.79 Å². The SMILES string of the molecule is CCC(C)C(N)C(=O)N1CCCC1C(=O)NC(C)C(=O)NC(CC(C)C)C(=O)O. The molecule has 0 spiro atoms. The lowest BCUT2D eigenvalue weighted by Gasteiger charge is -2.29. The number of carbonyl (C=O) groups excluding carboxylic acids is 3. The first-order valence-corrected chi connectivity index (χ1v) is 10.4. The average molecular weight is 413 g/mol. The largest absolute Gasteiger partial charge is 0.480 e. The number of nitrogens with two attached hydrogens (primary N) is 1. The van der Waals surface area contributed by atoms with E-state index in [4.69, 9.17) is 5.73 Å². The van der Waals surface area contributed by atoms with Gasteiger partial charge in [0.25, 0.3) is 0 Å². The van der Waals surface area contributed by atoms with Crippen LogP contribution in [-0.2, 0) is 19.2 Å². The monoisotopic (exact) mass is 412 g/mol. The topological polar surface area (TPSA) is 142 Å². The van der Waals surface area contributed by atoms with E-state index in [-0.39, 0.29) is 17.7 Å². The Balaban J connectivity index is 2.72. The first-order chi connectivity index (χ1) is 13.5. The van der Waals surface area contributed by atoms with Gasteiger partial charge in [0.05, 0.1) is 6.04 Å². The maximum Gasteiger partial charge on any atom is 0.326 e. The van der Waals surface area contributed by atoms with E-state index in [1.54, 1.807) is 0 Å². The summed E-state index contributed by atoms with van der Waals surface area (Å²) >= 11 is 0. The van der Waals surface area contributed by atoms with Gasteiger partial charge in [-0.3, -0.25) is 14.4 Å². The Labute approximate surface area is 172 Å². The maximum atomic E-state index is 12.7. The van der Waals surface area contributed by atoms with Crippen LogP contribution in [0.2, 0.25) is 0 Å². The number of hydrogen-bond donors (Lipinski definition) is 4. The van der Waals surface area contributed by atoms with Crippen LogP contribution in [0.3, 0.4) is 0 Å². The molecule has 1 aliphatic heterocycles. The molecule has 9 heteroatoms. The highest BCUT2D eigenvalue weighted by Gasteiger charge is 2.38. The average Bonchev–Trinajstić information content (AvgIpc) is 3.14. The minimum absolute atomic E-state index is 0.00502. The van der Waals surface area contributed by atoms with Crippen molar-refractivity contribution in [3.05, 3.63) is 0 Å². The number of rotatable bonds is 10. The molecule has 0 bridgehead atoms. The predicted molar refractivity (Wildman–Crippen MR) is 109 cm³/mol. The molecule has 5 atom stereocenters. The van der Waals surface area contributed by atoms with Crippen molar-refractivity contribution in [2.75, 3.05) is 6.54 Å². The minimum atomic E-state index is -1.11. The summed E-state index contributed by atoms with van der Waals surface area (Å²) in [5.41, 5.74) is 6.04. The Kier molecular flexibility index (Phi) is 9.55. The molecule has 1 heterocycles. The molecule has 1 aliphatic rings. The quantitative estimate of drug-likeness (QED) is 0.411. The lowest BCUT2D eigenvalue weighted by Crippen LogP contribution is -2.56. The molecule has 9 nitrogen and oxygen atoms in total. The zero-order chi connectivity index (χ0) is 22.3. The molecule has 3 amide bonds. The van der Waals surface area contributed by atoms with Crippen LogP contribution >= 0.6 is 0 Å². The van der Waals surface area contributed by atoms with Crippen LogP contribution < -0.4 is 16.4 Å². The van der Waals surface area contributed by atoms with Crippen LogP contribution in [0.5, 0.6) is 0 Å². The summed E-state index contributed by atoms with van der Waals surface area (Å²) in [6.07, 6.45) is 2.24. The Morgan fingerprint density at radius 2 is 1.76 bits per heavy atom. The molecular formula is C20H36N4O5. The van der Waals surface area contributed by atoms with Gasteiger partial charge in [-0.15, -0.1) is 0 Å². The van der Waals surface area contributed by atoms with Gasteiger partial charge in [0.1, 0.15) is 18.1 Å². The Bertz CT molecular complexity index is 610. The van der Waals surface area contributed by atoms with E-state index in [1.807, 2.05) is 27.7 Å². The van der Waals surface area contributed by atoms with Gasteiger partial charge in [-0.05, 0) is 38.0 Å². The van der Waals surface area contributed by atoms with Crippen molar-refractivity contribution in [2.24, 2.45) is 17.6 Å².